The molecule has 0 aliphatic heterocycles. The predicted molar refractivity (Wildman–Crippen MR) is 208 cm³/mol. The Labute approximate surface area is 286 Å². The topological polar surface area (TPSA) is 6.48 Å². The summed E-state index contributed by atoms with van der Waals surface area (Å²) in [5, 5.41) is 0. The Bertz CT molecular complexity index is 1910. The van der Waals surface area contributed by atoms with Crippen LogP contribution in [0.25, 0.3) is 24.3 Å². The zero-order chi connectivity index (χ0) is 32.4. The van der Waals surface area contributed by atoms with Crippen molar-refractivity contribution in [2.75, 3.05) is 9.80 Å². The Morgan fingerprint density at radius 3 is 1.67 bits per heavy atom. The monoisotopic (exact) mass is 622 g/mol. The highest BCUT2D eigenvalue weighted by molar-refractivity contribution is 5.75. The molecule has 0 spiro atoms. The molecule has 1 atom stereocenters. The maximum Gasteiger partial charge on any atom is 0.0559 e. The molecule has 3 aliphatic carbocycles. The van der Waals surface area contributed by atoms with Crippen molar-refractivity contribution in [3.8, 4) is 0 Å². The molecule has 7 rings (SSSR count). The molecule has 48 heavy (non-hydrogen) atoms. The van der Waals surface area contributed by atoms with E-state index in [1.807, 2.05) is 0 Å². The van der Waals surface area contributed by atoms with Crippen molar-refractivity contribution < 1.29 is 0 Å². The number of allylic oxidation sites excluding steroid dienone is 9. The first-order valence-corrected chi connectivity index (χ1v) is 17.2. The molecule has 0 aromatic heterocycles. The fourth-order valence-corrected chi connectivity index (χ4v) is 6.49. The SMILES string of the molecule is C1=CCCC(N(C2=CCCC=C2)c2ccc(/C=C/c3ccc(/C=C/c4ccc(N(c5ccccc5)C5C=CC=CC5)cc4)cc3)cc2)=C1. The lowest BCUT2D eigenvalue weighted by Gasteiger charge is -2.32. The third-order valence-electron chi connectivity index (χ3n) is 9.03. The summed E-state index contributed by atoms with van der Waals surface area (Å²) >= 11 is 0. The molecule has 0 saturated heterocycles. The van der Waals surface area contributed by atoms with Crippen molar-refractivity contribution >= 4 is 41.4 Å². The van der Waals surface area contributed by atoms with Gasteiger partial charge in [0.2, 0.25) is 0 Å². The number of benzene rings is 4. The van der Waals surface area contributed by atoms with Gasteiger partial charge in [-0.25, -0.2) is 0 Å². The van der Waals surface area contributed by atoms with Crippen molar-refractivity contribution in [3.05, 3.63) is 198 Å². The number of rotatable bonds is 10. The second kappa shape index (κ2) is 15.3. The highest BCUT2D eigenvalue weighted by atomic mass is 15.2. The largest absolute Gasteiger partial charge is 0.334 e. The van der Waals surface area contributed by atoms with Crippen LogP contribution < -0.4 is 9.80 Å². The number of hydrogen-bond donors (Lipinski definition) is 0. The number of anilines is 3. The van der Waals surface area contributed by atoms with Crippen LogP contribution in [0.1, 0.15) is 54.4 Å². The van der Waals surface area contributed by atoms with Gasteiger partial charge >= 0.3 is 0 Å². The average Bonchev–Trinajstić information content (AvgIpc) is 3.17. The lowest BCUT2D eigenvalue weighted by molar-refractivity contribution is 0.785. The number of para-hydroxylation sites is 1. The summed E-state index contributed by atoms with van der Waals surface area (Å²) in [5.41, 5.74) is 11.0. The van der Waals surface area contributed by atoms with E-state index in [9.17, 15) is 0 Å². The molecule has 236 valence electrons. The van der Waals surface area contributed by atoms with Crippen molar-refractivity contribution in [1.82, 2.24) is 0 Å². The molecule has 4 aromatic rings. The lowest BCUT2D eigenvalue weighted by atomic mass is 10.0. The minimum absolute atomic E-state index is 0.305. The molecule has 4 aromatic carbocycles. The molecule has 3 aliphatic rings. The molecule has 1 unspecified atom stereocenters. The molecule has 0 saturated carbocycles. The van der Waals surface area contributed by atoms with E-state index in [2.05, 4.69) is 198 Å². The van der Waals surface area contributed by atoms with Crippen LogP contribution in [0.4, 0.5) is 17.1 Å². The van der Waals surface area contributed by atoms with Crippen LogP contribution in [0, 0.1) is 0 Å². The predicted octanol–water partition coefficient (Wildman–Crippen LogP) is 12.3. The van der Waals surface area contributed by atoms with E-state index in [0.717, 1.165) is 32.1 Å². The van der Waals surface area contributed by atoms with Crippen LogP contribution >= 0.6 is 0 Å². The molecule has 0 amide bonds. The van der Waals surface area contributed by atoms with Crippen molar-refractivity contribution in [2.45, 2.75) is 38.1 Å². The maximum atomic E-state index is 2.42. The van der Waals surface area contributed by atoms with Crippen LogP contribution in [-0.2, 0) is 0 Å². The second-order valence-corrected chi connectivity index (χ2v) is 12.4. The van der Waals surface area contributed by atoms with E-state index >= 15 is 0 Å². The first-order chi connectivity index (χ1) is 23.8. The third kappa shape index (κ3) is 7.67. The fraction of sp³-hybridized carbons (Fsp3) is 0.130. The average molecular weight is 623 g/mol. The number of nitrogens with zero attached hydrogens (tertiary/aromatic N) is 2. The highest BCUT2D eigenvalue weighted by Crippen LogP contribution is 2.33. The summed E-state index contributed by atoms with van der Waals surface area (Å²) in [6.07, 6.45) is 36.5. The standard InChI is InChI=1S/C46H42N2/c1-5-13-41(14-6-1)47(42-15-7-2-8-16-42)45-33-29-39(30-34-45)27-25-37-21-23-38(24-22-37)26-28-40-31-35-46(36-32-40)48(43-17-9-3-10-18-43)44-19-11-4-12-20-44/h1-3,5-9,11,13-15,17,19-36,42H,4,10,12,16,18H2/b27-25+,28-26+. The van der Waals surface area contributed by atoms with Gasteiger partial charge in [-0.1, -0.05) is 140 Å². The molecule has 2 heteroatoms. The van der Waals surface area contributed by atoms with Crippen LogP contribution in [-0.4, -0.2) is 6.04 Å². The molecular weight excluding hydrogens is 581 g/mol. The Kier molecular flexibility index (Phi) is 9.91. The fourth-order valence-electron chi connectivity index (χ4n) is 6.49. The molecule has 0 heterocycles. The summed E-state index contributed by atoms with van der Waals surface area (Å²) in [4.78, 5) is 4.84. The molecule has 0 bridgehead atoms. The van der Waals surface area contributed by atoms with E-state index in [-0.39, 0.29) is 0 Å². The summed E-state index contributed by atoms with van der Waals surface area (Å²) < 4.78 is 0. The molecule has 2 nitrogen and oxygen atoms in total. The van der Waals surface area contributed by atoms with E-state index in [4.69, 9.17) is 0 Å². The van der Waals surface area contributed by atoms with Crippen molar-refractivity contribution in [1.29, 1.82) is 0 Å². The molecular formula is C46H42N2. The summed E-state index contributed by atoms with van der Waals surface area (Å²) in [6.45, 7) is 0. The zero-order valence-electron chi connectivity index (χ0n) is 27.4. The Hall–Kier alpha value is -5.60. The van der Waals surface area contributed by atoms with Crippen LogP contribution in [0.3, 0.4) is 0 Å². The normalized spacial score (nSPS) is 17.1. The minimum Gasteiger partial charge on any atom is -0.334 e. The molecule has 0 radical (unpaired) electrons. The zero-order valence-corrected chi connectivity index (χ0v) is 27.4. The van der Waals surface area contributed by atoms with Gasteiger partial charge in [0.25, 0.3) is 0 Å². The van der Waals surface area contributed by atoms with Crippen molar-refractivity contribution in [2.24, 2.45) is 0 Å². The quantitative estimate of drug-likeness (QED) is 0.162. The Morgan fingerprint density at radius 2 is 1.12 bits per heavy atom. The van der Waals surface area contributed by atoms with E-state index in [0.29, 0.717) is 6.04 Å². The minimum atomic E-state index is 0.305. The maximum absolute atomic E-state index is 2.42. The van der Waals surface area contributed by atoms with Gasteiger partial charge in [0.15, 0.2) is 0 Å². The summed E-state index contributed by atoms with van der Waals surface area (Å²) in [6, 6.07) is 37.5. The third-order valence-corrected chi connectivity index (χ3v) is 9.03. The Balaban J connectivity index is 0.995. The van der Waals surface area contributed by atoms with Crippen LogP contribution in [0.5, 0.6) is 0 Å². The van der Waals surface area contributed by atoms with Gasteiger partial charge < -0.3 is 9.80 Å². The molecule has 0 N–H and O–H groups in total. The van der Waals surface area contributed by atoms with E-state index in [1.165, 1.54) is 50.7 Å². The molecule has 0 fully saturated rings. The van der Waals surface area contributed by atoms with Gasteiger partial charge in [-0.15, -0.1) is 0 Å². The first kappa shape index (κ1) is 31.0. The van der Waals surface area contributed by atoms with Gasteiger partial charge in [-0.2, -0.15) is 0 Å². The summed E-state index contributed by atoms with van der Waals surface area (Å²) in [5.74, 6) is 0. The van der Waals surface area contributed by atoms with Crippen molar-refractivity contribution in [3.63, 3.8) is 0 Å². The van der Waals surface area contributed by atoms with Gasteiger partial charge in [0.1, 0.15) is 0 Å². The summed E-state index contributed by atoms with van der Waals surface area (Å²) in [7, 11) is 0. The smallest absolute Gasteiger partial charge is 0.0559 e. The van der Waals surface area contributed by atoms with E-state index in [1.54, 1.807) is 0 Å². The van der Waals surface area contributed by atoms with Gasteiger partial charge in [-0.3, -0.25) is 0 Å². The van der Waals surface area contributed by atoms with Gasteiger partial charge in [0, 0.05) is 28.5 Å². The first-order valence-electron chi connectivity index (χ1n) is 17.2. The Morgan fingerprint density at radius 1 is 0.521 bits per heavy atom. The van der Waals surface area contributed by atoms with Gasteiger partial charge in [0.05, 0.1) is 6.04 Å². The van der Waals surface area contributed by atoms with Crippen LogP contribution in [0.2, 0.25) is 0 Å². The lowest BCUT2D eigenvalue weighted by Crippen LogP contribution is -2.29. The van der Waals surface area contributed by atoms with Crippen LogP contribution in [0.15, 0.2) is 175 Å². The van der Waals surface area contributed by atoms with E-state index < -0.39 is 0 Å². The van der Waals surface area contributed by atoms with Gasteiger partial charge in [-0.05, 0) is 103 Å². The highest BCUT2D eigenvalue weighted by Gasteiger charge is 2.19. The number of hydrogen-bond acceptors (Lipinski definition) is 2. The second-order valence-electron chi connectivity index (χ2n) is 12.4.